The summed E-state index contributed by atoms with van der Waals surface area (Å²) in [5.74, 6) is 0.389. The standard InChI is InChI=1S/C30H35N5O5/c1-23-13-17-31(18-14-23)28(37)21-33-22-34(25-5-3-2-4-6-25)30(29(33)38)15-19-32(20-16-30)27(36)12-9-24-7-10-26(11-8-24)35(39)40/h2-12,23H,13-22H2,1H3. The number of benzene rings is 2. The van der Waals surface area contributed by atoms with Gasteiger partial charge < -0.3 is 19.6 Å². The highest BCUT2D eigenvalue weighted by Gasteiger charge is 2.54. The number of para-hydroxylation sites is 1. The molecule has 3 amide bonds. The Morgan fingerprint density at radius 1 is 0.975 bits per heavy atom. The van der Waals surface area contributed by atoms with Crippen molar-refractivity contribution >= 4 is 35.2 Å². The first-order valence-corrected chi connectivity index (χ1v) is 13.9. The minimum absolute atomic E-state index is 0.00437. The van der Waals surface area contributed by atoms with Crippen LogP contribution in [0.25, 0.3) is 6.08 Å². The summed E-state index contributed by atoms with van der Waals surface area (Å²) in [5, 5.41) is 10.9. The number of hydrogen-bond donors (Lipinski definition) is 0. The number of amides is 3. The van der Waals surface area contributed by atoms with E-state index in [0.717, 1.165) is 31.6 Å². The Balaban J connectivity index is 1.27. The quantitative estimate of drug-likeness (QED) is 0.312. The lowest BCUT2D eigenvalue weighted by Gasteiger charge is -2.43. The smallest absolute Gasteiger partial charge is 0.269 e. The van der Waals surface area contributed by atoms with E-state index in [9.17, 15) is 24.5 Å². The summed E-state index contributed by atoms with van der Waals surface area (Å²) in [6, 6.07) is 15.8. The van der Waals surface area contributed by atoms with Crippen LogP contribution in [0.1, 0.15) is 38.2 Å². The van der Waals surface area contributed by atoms with E-state index in [1.54, 1.807) is 28.0 Å². The largest absolute Gasteiger partial charge is 0.341 e. The van der Waals surface area contributed by atoms with Crippen LogP contribution in [0.15, 0.2) is 60.7 Å². The molecule has 3 fully saturated rings. The van der Waals surface area contributed by atoms with Gasteiger partial charge in [-0.3, -0.25) is 24.5 Å². The number of anilines is 1. The topological polar surface area (TPSA) is 107 Å². The number of carbonyl (C=O) groups excluding carboxylic acids is 3. The Labute approximate surface area is 234 Å². The van der Waals surface area contributed by atoms with Crippen molar-refractivity contribution in [2.45, 2.75) is 38.1 Å². The van der Waals surface area contributed by atoms with Gasteiger partial charge in [0.25, 0.3) is 11.6 Å². The molecule has 0 unspecified atom stereocenters. The van der Waals surface area contributed by atoms with Crippen molar-refractivity contribution in [3.8, 4) is 0 Å². The number of hydrogen-bond acceptors (Lipinski definition) is 6. The normalized spacial score (nSPS) is 19.6. The molecule has 0 N–H and O–H groups in total. The van der Waals surface area contributed by atoms with E-state index in [0.29, 0.717) is 44.1 Å². The Morgan fingerprint density at radius 2 is 1.62 bits per heavy atom. The zero-order valence-corrected chi connectivity index (χ0v) is 22.8. The maximum atomic E-state index is 13.9. The molecule has 3 heterocycles. The van der Waals surface area contributed by atoms with Crippen molar-refractivity contribution in [2.24, 2.45) is 5.92 Å². The first-order chi connectivity index (χ1) is 19.3. The highest BCUT2D eigenvalue weighted by atomic mass is 16.6. The molecule has 0 aromatic heterocycles. The Bertz CT molecular complexity index is 1280. The second-order valence-corrected chi connectivity index (χ2v) is 11.0. The number of carbonyl (C=O) groups is 3. The molecule has 10 heteroatoms. The number of rotatable bonds is 6. The second kappa shape index (κ2) is 11.5. The third-order valence-corrected chi connectivity index (χ3v) is 8.47. The highest BCUT2D eigenvalue weighted by molar-refractivity contribution is 5.97. The maximum Gasteiger partial charge on any atom is 0.269 e. The summed E-state index contributed by atoms with van der Waals surface area (Å²) in [6.45, 7) is 4.90. The average Bonchev–Trinajstić information content (AvgIpc) is 3.23. The van der Waals surface area contributed by atoms with Gasteiger partial charge in [-0.05, 0) is 67.5 Å². The number of likely N-dealkylation sites (tertiary alicyclic amines) is 2. The Hall–Kier alpha value is -4.21. The summed E-state index contributed by atoms with van der Waals surface area (Å²) in [7, 11) is 0. The van der Waals surface area contributed by atoms with Crippen LogP contribution in [0.3, 0.4) is 0 Å². The number of non-ortho nitro benzene ring substituents is 1. The summed E-state index contributed by atoms with van der Waals surface area (Å²) in [5.41, 5.74) is 0.805. The summed E-state index contributed by atoms with van der Waals surface area (Å²) in [4.78, 5) is 57.8. The van der Waals surface area contributed by atoms with Gasteiger partial charge in [-0.1, -0.05) is 25.1 Å². The molecule has 0 aliphatic carbocycles. The molecule has 3 saturated heterocycles. The number of piperidine rings is 2. The van der Waals surface area contributed by atoms with Crippen molar-refractivity contribution in [3.05, 3.63) is 76.4 Å². The number of nitro groups is 1. The maximum absolute atomic E-state index is 13.9. The molecule has 210 valence electrons. The van der Waals surface area contributed by atoms with E-state index < -0.39 is 10.5 Å². The van der Waals surface area contributed by atoms with Crippen LogP contribution >= 0.6 is 0 Å². The van der Waals surface area contributed by atoms with Gasteiger partial charge in [0, 0.05) is 50.1 Å². The van der Waals surface area contributed by atoms with Crippen LogP contribution in [-0.4, -0.2) is 82.3 Å². The summed E-state index contributed by atoms with van der Waals surface area (Å²) >= 11 is 0. The van der Waals surface area contributed by atoms with E-state index in [1.165, 1.54) is 18.2 Å². The van der Waals surface area contributed by atoms with E-state index >= 15 is 0 Å². The number of nitrogens with zero attached hydrogens (tertiary/aromatic N) is 5. The zero-order valence-electron chi connectivity index (χ0n) is 22.8. The van der Waals surface area contributed by atoms with Crippen molar-refractivity contribution < 1.29 is 19.3 Å². The lowest BCUT2D eigenvalue weighted by Crippen LogP contribution is -2.57. The molecule has 2 aromatic carbocycles. The van der Waals surface area contributed by atoms with Crippen LogP contribution in [-0.2, 0) is 14.4 Å². The summed E-state index contributed by atoms with van der Waals surface area (Å²) < 4.78 is 0. The van der Waals surface area contributed by atoms with Crippen molar-refractivity contribution in [1.29, 1.82) is 0 Å². The zero-order chi connectivity index (χ0) is 28.3. The van der Waals surface area contributed by atoms with Crippen LogP contribution in [0.4, 0.5) is 11.4 Å². The Kier molecular flexibility index (Phi) is 7.86. The van der Waals surface area contributed by atoms with E-state index in [1.807, 2.05) is 35.2 Å². The molecular formula is C30H35N5O5. The lowest BCUT2D eigenvalue weighted by molar-refractivity contribution is -0.384. The second-order valence-electron chi connectivity index (χ2n) is 11.0. The molecule has 2 aromatic rings. The van der Waals surface area contributed by atoms with Gasteiger partial charge in [0.15, 0.2) is 0 Å². The molecule has 1 spiro atoms. The van der Waals surface area contributed by atoms with Crippen LogP contribution in [0, 0.1) is 16.0 Å². The first-order valence-electron chi connectivity index (χ1n) is 13.9. The van der Waals surface area contributed by atoms with Gasteiger partial charge in [0.1, 0.15) is 12.1 Å². The van der Waals surface area contributed by atoms with Crippen molar-refractivity contribution in [2.75, 3.05) is 44.3 Å². The van der Waals surface area contributed by atoms with Crippen molar-refractivity contribution in [3.63, 3.8) is 0 Å². The predicted octanol–water partition coefficient (Wildman–Crippen LogP) is 3.53. The van der Waals surface area contributed by atoms with E-state index in [2.05, 4.69) is 11.8 Å². The fourth-order valence-corrected chi connectivity index (χ4v) is 5.92. The lowest BCUT2D eigenvalue weighted by atomic mass is 9.85. The van der Waals surface area contributed by atoms with Crippen LogP contribution < -0.4 is 4.90 Å². The minimum Gasteiger partial charge on any atom is -0.341 e. The van der Waals surface area contributed by atoms with E-state index in [-0.39, 0.29) is 30.0 Å². The third kappa shape index (κ3) is 5.57. The highest BCUT2D eigenvalue weighted by Crippen LogP contribution is 2.39. The fourth-order valence-electron chi connectivity index (χ4n) is 5.92. The van der Waals surface area contributed by atoms with Gasteiger partial charge in [-0.15, -0.1) is 0 Å². The molecule has 0 saturated carbocycles. The molecule has 3 aliphatic heterocycles. The SMILES string of the molecule is CC1CCN(C(=O)CN2CN(c3ccccc3)C3(CCN(C(=O)C=Cc4ccc([N+](=O)[O-])cc4)CC3)C2=O)CC1. The van der Waals surface area contributed by atoms with Gasteiger partial charge >= 0.3 is 0 Å². The molecule has 0 atom stereocenters. The molecule has 5 rings (SSSR count). The van der Waals surface area contributed by atoms with Crippen LogP contribution in [0.2, 0.25) is 0 Å². The summed E-state index contributed by atoms with van der Waals surface area (Å²) in [6.07, 6.45) is 6.01. The van der Waals surface area contributed by atoms with Gasteiger partial charge in [0.05, 0.1) is 11.6 Å². The van der Waals surface area contributed by atoms with E-state index in [4.69, 9.17) is 0 Å². The number of nitro benzene ring substituents is 1. The molecular weight excluding hydrogens is 510 g/mol. The monoisotopic (exact) mass is 545 g/mol. The predicted molar refractivity (Wildman–Crippen MR) is 151 cm³/mol. The Morgan fingerprint density at radius 3 is 2.25 bits per heavy atom. The first kappa shape index (κ1) is 27.4. The van der Waals surface area contributed by atoms with Gasteiger partial charge in [-0.25, -0.2) is 0 Å². The fraction of sp³-hybridized carbons (Fsp3) is 0.433. The molecule has 40 heavy (non-hydrogen) atoms. The van der Waals surface area contributed by atoms with Crippen molar-refractivity contribution in [1.82, 2.24) is 14.7 Å². The third-order valence-electron chi connectivity index (χ3n) is 8.47. The molecule has 3 aliphatic rings. The molecule has 10 nitrogen and oxygen atoms in total. The molecule has 0 bridgehead atoms. The van der Waals surface area contributed by atoms with Gasteiger partial charge in [0.2, 0.25) is 11.8 Å². The average molecular weight is 546 g/mol. The van der Waals surface area contributed by atoms with Gasteiger partial charge in [-0.2, -0.15) is 0 Å². The molecule has 0 radical (unpaired) electrons. The van der Waals surface area contributed by atoms with Crippen LogP contribution in [0.5, 0.6) is 0 Å². The minimum atomic E-state index is -0.809.